The van der Waals surface area contributed by atoms with E-state index in [1.807, 2.05) is 24.3 Å². The molecule has 21 heavy (non-hydrogen) atoms. The molecule has 6 heteroatoms. The molecule has 0 saturated heterocycles. The predicted octanol–water partition coefficient (Wildman–Crippen LogP) is 7.88. The second-order valence-corrected chi connectivity index (χ2v) is 17.8. The molecular weight excluding hydrogens is 660 g/mol. The zero-order valence-electron chi connectivity index (χ0n) is 10.5. The van der Waals surface area contributed by atoms with Gasteiger partial charge in [0.1, 0.15) is 0 Å². The molecular formula is C15H9Br6. The standard InChI is InChI=1S/C15H9Br6/c16-14(17,18)12-7-3-1-5-10(12)9-11-6-2-4-8-13(11)15(19,20)21/h1-9H. The van der Waals surface area contributed by atoms with Crippen molar-refractivity contribution in [2.45, 2.75) is 4.29 Å². The van der Waals surface area contributed by atoms with Crippen molar-refractivity contribution in [3.63, 3.8) is 0 Å². The van der Waals surface area contributed by atoms with Crippen LogP contribution in [0.5, 0.6) is 0 Å². The molecule has 0 spiro atoms. The SMILES string of the molecule is BrC(Br)(Br)c1ccccc1[CH]c1ccccc1C(Br)(Br)Br. The Bertz CT molecular complexity index is 569. The summed E-state index contributed by atoms with van der Waals surface area (Å²) in [6.07, 6.45) is 2.15. The Kier molecular flexibility index (Phi) is 6.64. The fraction of sp³-hybridized carbons (Fsp3) is 0.133. The van der Waals surface area contributed by atoms with E-state index in [1.165, 1.54) is 0 Å². The van der Waals surface area contributed by atoms with Crippen molar-refractivity contribution in [3.8, 4) is 0 Å². The summed E-state index contributed by atoms with van der Waals surface area (Å²) in [4.78, 5) is 0. The first-order valence-corrected chi connectivity index (χ1v) is 10.6. The maximum absolute atomic E-state index is 3.59. The van der Waals surface area contributed by atoms with Crippen molar-refractivity contribution in [1.82, 2.24) is 0 Å². The van der Waals surface area contributed by atoms with Crippen LogP contribution in [0.1, 0.15) is 22.3 Å². The monoisotopic (exact) mass is 663 g/mol. The van der Waals surface area contributed by atoms with Crippen molar-refractivity contribution >= 4 is 95.6 Å². The lowest BCUT2D eigenvalue weighted by atomic mass is 9.97. The number of alkyl halides is 6. The fourth-order valence-corrected chi connectivity index (χ4v) is 4.10. The predicted molar refractivity (Wildman–Crippen MR) is 112 cm³/mol. The summed E-state index contributed by atoms with van der Waals surface area (Å²) in [5, 5.41) is 0. The number of halogens is 6. The molecule has 0 amide bonds. The van der Waals surface area contributed by atoms with Crippen molar-refractivity contribution in [2.75, 3.05) is 0 Å². The van der Waals surface area contributed by atoms with Gasteiger partial charge in [-0.3, -0.25) is 0 Å². The van der Waals surface area contributed by atoms with Gasteiger partial charge >= 0.3 is 0 Å². The van der Waals surface area contributed by atoms with Gasteiger partial charge in [-0.05, 0) is 22.3 Å². The molecule has 0 N–H and O–H groups in total. The highest BCUT2D eigenvalue weighted by atomic mass is 80.0. The van der Waals surface area contributed by atoms with Crippen LogP contribution >= 0.6 is 95.6 Å². The number of hydrogen-bond donors (Lipinski definition) is 0. The Labute approximate surface area is 175 Å². The third-order valence-electron chi connectivity index (χ3n) is 2.84. The molecule has 0 bridgehead atoms. The van der Waals surface area contributed by atoms with E-state index in [4.69, 9.17) is 0 Å². The quantitative estimate of drug-likeness (QED) is 0.286. The average Bonchev–Trinajstić information content (AvgIpc) is 2.37. The average molecular weight is 669 g/mol. The number of benzene rings is 2. The van der Waals surface area contributed by atoms with Gasteiger partial charge in [0.2, 0.25) is 0 Å². The van der Waals surface area contributed by atoms with E-state index in [9.17, 15) is 0 Å². The van der Waals surface area contributed by atoms with Gasteiger partial charge in [-0.15, -0.1) is 0 Å². The summed E-state index contributed by atoms with van der Waals surface area (Å²) < 4.78 is -0.882. The van der Waals surface area contributed by atoms with E-state index >= 15 is 0 Å². The third-order valence-corrected chi connectivity index (χ3v) is 5.41. The lowest BCUT2D eigenvalue weighted by Crippen LogP contribution is -2.06. The van der Waals surface area contributed by atoms with Crippen LogP contribution in [0.4, 0.5) is 0 Å². The molecule has 0 fully saturated rings. The molecule has 0 aliphatic heterocycles. The van der Waals surface area contributed by atoms with Crippen LogP contribution in [0.3, 0.4) is 0 Å². The van der Waals surface area contributed by atoms with Crippen molar-refractivity contribution in [1.29, 1.82) is 0 Å². The number of hydrogen-bond acceptors (Lipinski definition) is 0. The van der Waals surface area contributed by atoms with E-state index in [0.717, 1.165) is 22.3 Å². The van der Waals surface area contributed by atoms with Crippen LogP contribution in [0.2, 0.25) is 0 Å². The van der Waals surface area contributed by atoms with Gasteiger partial charge in [0.05, 0.1) is 0 Å². The zero-order valence-corrected chi connectivity index (χ0v) is 20.0. The van der Waals surface area contributed by atoms with Crippen molar-refractivity contribution in [2.24, 2.45) is 0 Å². The van der Waals surface area contributed by atoms with E-state index in [1.54, 1.807) is 0 Å². The Morgan fingerprint density at radius 2 is 0.905 bits per heavy atom. The molecule has 1 radical (unpaired) electrons. The largest absolute Gasteiger partial charge is 0.160 e. The fourth-order valence-electron chi connectivity index (χ4n) is 1.93. The Morgan fingerprint density at radius 3 is 1.24 bits per heavy atom. The molecule has 0 atom stereocenters. The van der Waals surface area contributed by atoms with E-state index < -0.39 is 4.29 Å². The van der Waals surface area contributed by atoms with Gasteiger partial charge in [-0.2, -0.15) is 0 Å². The molecule has 2 aromatic carbocycles. The summed E-state index contributed by atoms with van der Waals surface area (Å²) >= 11 is 21.6. The smallest absolute Gasteiger partial charge is 0.0619 e. The highest BCUT2D eigenvalue weighted by molar-refractivity contribution is 9.39. The molecule has 0 heterocycles. The maximum Gasteiger partial charge on any atom is 0.160 e. The summed E-state index contributed by atoms with van der Waals surface area (Å²) in [5.74, 6) is 0. The summed E-state index contributed by atoms with van der Waals surface area (Å²) in [7, 11) is 0. The second-order valence-electron chi connectivity index (χ2n) is 4.31. The summed E-state index contributed by atoms with van der Waals surface area (Å²) in [6, 6.07) is 16.4. The topological polar surface area (TPSA) is 0 Å². The minimum Gasteiger partial charge on any atom is -0.0619 e. The van der Waals surface area contributed by atoms with E-state index in [2.05, 4.69) is 126 Å². The van der Waals surface area contributed by atoms with Gasteiger partial charge in [0, 0.05) is 6.42 Å². The summed E-state index contributed by atoms with van der Waals surface area (Å²) in [5.41, 5.74) is 4.44. The molecule has 111 valence electrons. The minimum absolute atomic E-state index is 0.441. The van der Waals surface area contributed by atoms with Crippen molar-refractivity contribution in [3.05, 3.63) is 77.2 Å². The van der Waals surface area contributed by atoms with Crippen LogP contribution < -0.4 is 0 Å². The van der Waals surface area contributed by atoms with Crippen LogP contribution in [0.25, 0.3) is 0 Å². The Morgan fingerprint density at radius 1 is 0.571 bits per heavy atom. The van der Waals surface area contributed by atoms with Gasteiger partial charge in [-0.1, -0.05) is 144 Å². The lowest BCUT2D eigenvalue weighted by Gasteiger charge is -2.20. The van der Waals surface area contributed by atoms with Crippen LogP contribution in [-0.4, -0.2) is 0 Å². The first-order chi connectivity index (χ1) is 9.69. The van der Waals surface area contributed by atoms with E-state index in [0.29, 0.717) is 0 Å². The lowest BCUT2D eigenvalue weighted by molar-refractivity contribution is 1.24. The number of rotatable bonds is 2. The maximum atomic E-state index is 3.59. The summed E-state index contributed by atoms with van der Waals surface area (Å²) in [6.45, 7) is 0. The van der Waals surface area contributed by atoms with Crippen LogP contribution in [0, 0.1) is 6.42 Å². The molecule has 0 aromatic heterocycles. The Hall–Kier alpha value is 1.32. The third kappa shape index (κ3) is 5.15. The highest BCUT2D eigenvalue weighted by Gasteiger charge is 2.27. The van der Waals surface area contributed by atoms with Gasteiger partial charge < -0.3 is 0 Å². The molecule has 2 aromatic rings. The zero-order chi connectivity index (χ0) is 15.7. The van der Waals surface area contributed by atoms with E-state index in [-0.39, 0.29) is 0 Å². The van der Waals surface area contributed by atoms with Crippen LogP contribution in [-0.2, 0) is 4.29 Å². The minimum atomic E-state index is -0.441. The molecule has 2 rings (SSSR count). The Balaban J connectivity index is 2.45. The first-order valence-electron chi connectivity index (χ1n) is 5.87. The molecule has 0 aliphatic rings. The van der Waals surface area contributed by atoms with Crippen LogP contribution in [0.15, 0.2) is 48.5 Å². The first kappa shape index (κ1) is 18.7. The van der Waals surface area contributed by atoms with Crippen molar-refractivity contribution < 1.29 is 0 Å². The molecule has 0 nitrogen and oxygen atoms in total. The van der Waals surface area contributed by atoms with Gasteiger partial charge in [0.25, 0.3) is 0 Å². The molecule has 0 unspecified atom stereocenters. The molecule has 0 saturated carbocycles. The molecule has 0 aliphatic carbocycles. The second kappa shape index (κ2) is 7.47. The highest BCUT2D eigenvalue weighted by Crippen LogP contribution is 2.48. The normalized spacial score (nSPS) is 12.5. The van der Waals surface area contributed by atoms with Gasteiger partial charge in [-0.25, -0.2) is 0 Å². The van der Waals surface area contributed by atoms with Gasteiger partial charge in [0.15, 0.2) is 4.29 Å².